The first-order chi connectivity index (χ1) is 14.3. The van der Waals surface area contributed by atoms with Crippen molar-refractivity contribution < 1.29 is 0 Å². The number of nitrogens with zero attached hydrogens (tertiary/aromatic N) is 4. The van der Waals surface area contributed by atoms with Crippen LogP contribution in [0.5, 0.6) is 0 Å². The van der Waals surface area contributed by atoms with E-state index in [9.17, 15) is 4.79 Å². The van der Waals surface area contributed by atoms with Gasteiger partial charge in [0.25, 0.3) is 0 Å². The number of fused-ring (bicyclic) bond motifs is 1. The van der Waals surface area contributed by atoms with Gasteiger partial charge in [0.15, 0.2) is 0 Å². The van der Waals surface area contributed by atoms with E-state index in [0.29, 0.717) is 0 Å². The molecule has 0 amide bonds. The number of aromatic nitrogens is 4. The smallest absolute Gasteiger partial charge is 0.306 e. The first kappa shape index (κ1) is 17.9. The number of likely N-dealkylation sites (tertiary alicyclic amines) is 1. The second kappa shape index (κ2) is 7.72. The molecule has 1 aliphatic rings. The van der Waals surface area contributed by atoms with E-state index in [1.807, 2.05) is 52.0 Å². The van der Waals surface area contributed by atoms with Gasteiger partial charge in [0.05, 0.1) is 17.6 Å². The summed E-state index contributed by atoms with van der Waals surface area (Å²) in [5.74, 6) is 0. The van der Waals surface area contributed by atoms with Crippen LogP contribution in [-0.2, 0) is 13.1 Å². The van der Waals surface area contributed by atoms with Crippen molar-refractivity contribution in [3.05, 3.63) is 88.6 Å². The van der Waals surface area contributed by atoms with Crippen molar-refractivity contribution in [2.45, 2.75) is 32.0 Å². The fourth-order valence-electron chi connectivity index (χ4n) is 4.44. The molecule has 29 heavy (non-hydrogen) atoms. The molecule has 2 aromatic heterocycles. The maximum absolute atomic E-state index is 12.5. The molecule has 4 aromatic rings. The molecule has 1 aliphatic heterocycles. The van der Waals surface area contributed by atoms with Crippen LogP contribution in [0.1, 0.15) is 30.0 Å². The quantitative estimate of drug-likeness (QED) is 0.571. The Hall–Kier alpha value is -3.12. The first-order valence-corrected chi connectivity index (χ1v) is 10.2. The summed E-state index contributed by atoms with van der Waals surface area (Å²) in [5, 5.41) is 4.29. The molecule has 0 unspecified atom stereocenters. The molecule has 1 N–H and O–H groups in total. The molecule has 0 saturated carbocycles. The van der Waals surface area contributed by atoms with E-state index < -0.39 is 0 Å². The second-order valence-corrected chi connectivity index (χ2v) is 7.85. The lowest BCUT2D eigenvalue weighted by Gasteiger charge is -2.32. The Labute approximate surface area is 169 Å². The van der Waals surface area contributed by atoms with Gasteiger partial charge in [-0.25, -0.2) is 4.79 Å². The van der Waals surface area contributed by atoms with Gasteiger partial charge in [0.1, 0.15) is 0 Å². The van der Waals surface area contributed by atoms with Gasteiger partial charge >= 0.3 is 5.69 Å². The number of imidazole rings is 1. The van der Waals surface area contributed by atoms with Crippen LogP contribution in [0.2, 0.25) is 0 Å². The summed E-state index contributed by atoms with van der Waals surface area (Å²) in [6.45, 7) is 3.74. The number of nitrogens with one attached hydrogen (secondary N) is 1. The number of rotatable bonds is 5. The molecule has 1 saturated heterocycles. The maximum atomic E-state index is 12.5. The summed E-state index contributed by atoms with van der Waals surface area (Å²) >= 11 is 0. The van der Waals surface area contributed by atoms with Gasteiger partial charge in [-0.1, -0.05) is 36.4 Å². The van der Waals surface area contributed by atoms with E-state index >= 15 is 0 Å². The van der Waals surface area contributed by atoms with Crippen molar-refractivity contribution in [2.24, 2.45) is 0 Å². The molecule has 6 heteroatoms. The minimum Gasteiger partial charge on any atom is -0.306 e. The lowest BCUT2D eigenvalue weighted by atomic mass is 10.0. The molecule has 5 rings (SSSR count). The number of H-pyrrole nitrogens is 1. The van der Waals surface area contributed by atoms with Gasteiger partial charge in [-0.2, -0.15) is 5.10 Å². The molecule has 1 fully saturated rings. The largest absolute Gasteiger partial charge is 0.326 e. The van der Waals surface area contributed by atoms with Crippen molar-refractivity contribution in [3.8, 4) is 0 Å². The summed E-state index contributed by atoms with van der Waals surface area (Å²) in [6.07, 6.45) is 5.79. The number of piperidine rings is 1. The maximum Gasteiger partial charge on any atom is 0.326 e. The Kier molecular flexibility index (Phi) is 4.77. The molecule has 2 aromatic carbocycles. The Morgan fingerprint density at radius 1 is 0.966 bits per heavy atom. The molecular weight excluding hydrogens is 362 g/mol. The number of aromatic amines is 1. The van der Waals surface area contributed by atoms with Crippen molar-refractivity contribution in [1.82, 2.24) is 24.2 Å². The first-order valence-electron chi connectivity index (χ1n) is 10.2. The van der Waals surface area contributed by atoms with E-state index in [0.717, 1.165) is 50.1 Å². The van der Waals surface area contributed by atoms with Crippen LogP contribution in [0, 0.1) is 0 Å². The molecule has 148 valence electrons. The highest BCUT2D eigenvalue weighted by Gasteiger charge is 2.23. The Morgan fingerprint density at radius 3 is 2.55 bits per heavy atom. The summed E-state index contributed by atoms with van der Waals surface area (Å²) in [5.41, 5.74) is 4.55. The molecular formula is C23H25N5O. The SMILES string of the molecule is O=c1[nH]c2ccccc2n1C1CCN(Cc2cccc(Cn3cccn3)c2)CC1. The minimum atomic E-state index is 0.0102. The zero-order valence-corrected chi connectivity index (χ0v) is 16.4. The van der Waals surface area contributed by atoms with Gasteiger partial charge < -0.3 is 4.98 Å². The number of benzene rings is 2. The Balaban J connectivity index is 1.24. The molecule has 3 heterocycles. The van der Waals surface area contributed by atoms with E-state index in [1.54, 1.807) is 0 Å². The number of hydrogen-bond donors (Lipinski definition) is 1. The van der Waals surface area contributed by atoms with Crippen LogP contribution in [0.25, 0.3) is 11.0 Å². The average molecular weight is 387 g/mol. The van der Waals surface area contributed by atoms with E-state index in [4.69, 9.17) is 0 Å². The number of para-hydroxylation sites is 2. The predicted molar refractivity (Wildman–Crippen MR) is 114 cm³/mol. The van der Waals surface area contributed by atoms with Gasteiger partial charge in [0, 0.05) is 38.1 Å². The standard InChI is InChI=1S/C23H25N5O/c29-23-25-21-7-1-2-8-22(21)28(23)20-9-13-26(14-10-20)16-18-5-3-6-19(15-18)17-27-12-4-11-24-27/h1-8,11-12,15,20H,9-10,13-14,16-17H2,(H,25,29). The summed E-state index contributed by atoms with van der Waals surface area (Å²) in [4.78, 5) is 17.9. The van der Waals surface area contributed by atoms with Crippen molar-refractivity contribution in [1.29, 1.82) is 0 Å². The highest BCUT2D eigenvalue weighted by atomic mass is 16.1. The monoisotopic (exact) mass is 387 g/mol. The average Bonchev–Trinajstić information content (AvgIpc) is 3.36. The molecule has 0 atom stereocenters. The molecule has 6 nitrogen and oxygen atoms in total. The third-order valence-electron chi connectivity index (χ3n) is 5.85. The van der Waals surface area contributed by atoms with Gasteiger partial charge in [-0.3, -0.25) is 14.1 Å². The topological polar surface area (TPSA) is 58.9 Å². The van der Waals surface area contributed by atoms with Gasteiger partial charge in [-0.15, -0.1) is 0 Å². The Bertz CT molecular complexity index is 1150. The van der Waals surface area contributed by atoms with E-state index in [1.165, 1.54) is 11.1 Å². The molecule has 0 radical (unpaired) electrons. The highest BCUT2D eigenvalue weighted by Crippen LogP contribution is 2.25. The minimum absolute atomic E-state index is 0.0102. The summed E-state index contributed by atoms with van der Waals surface area (Å²) in [6, 6.07) is 18.9. The predicted octanol–water partition coefficient (Wildman–Crippen LogP) is 3.41. The normalized spacial score (nSPS) is 15.9. The van der Waals surface area contributed by atoms with Crippen LogP contribution >= 0.6 is 0 Å². The lowest BCUT2D eigenvalue weighted by Crippen LogP contribution is -2.36. The number of hydrogen-bond acceptors (Lipinski definition) is 3. The van der Waals surface area contributed by atoms with Crippen molar-refractivity contribution >= 4 is 11.0 Å². The summed E-state index contributed by atoms with van der Waals surface area (Å²) in [7, 11) is 0. The summed E-state index contributed by atoms with van der Waals surface area (Å²) < 4.78 is 3.90. The van der Waals surface area contributed by atoms with Gasteiger partial charge in [-0.05, 0) is 42.2 Å². The van der Waals surface area contributed by atoms with Crippen molar-refractivity contribution in [2.75, 3.05) is 13.1 Å². The zero-order chi connectivity index (χ0) is 19.6. The van der Waals surface area contributed by atoms with E-state index in [2.05, 4.69) is 39.2 Å². The zero-order valence-electron chi connectivity index (χ0n) is 16.4. The lowest BCUT2D eigenvalue weighted by molar-refractivity contribution is 0.180. The van der Waals surface area contributed by atoms with Crippen LogP contribution in [-0.4, -0.2) is 37.3 Å². The second-order valence-electron chi connectivity index (χ2n) is 7.85. The van der Waals surface area contributed by atoms with Crippen LogP contribution < -0.4 is 5.69 Å². The van der Waals surface area contributed by atoms with Crippen molar-refractivity contribution in [3.63, 3.8) is 0 Å². The fourth-order valence-corrected chi connectivity index (χ4v) is 4.44. The molecule has 0 bridgehead atoms. The third-order valence-corrected chi connectivity index (χ3v) is 5.85. The fraction of sp³-hybridized carbons (Fsp3) is 0.304. The Morgan fingerprint density at radius 2 is 1.76 bits per heavy atom. The van der Waals surface area contributed by atoms with E-state index in [-0.39, 0.29) is 11.7 Å². The van der Waals surface area contributed by atoms with Crippen LogP contribution in [0.15, 0.2) is 71.8 Å². The molecule has 0 aliphatic carbocycles. The molecule has 0 spiro atoms. The highest BCUT2D eigenvalue weighted by molar-refractivity contribution is 5.75. The van der Waals surface area contributed by atoms with Crippen LogP contribution in [0.4, 0.5) is 0 Å². The van der Waals surface area contributed by atoms with Crippen LogP contribution in [0.3, 0.4) is 0 Å². The third kappa shape index (κ3) is 3.76. The van der Waals surface area contributed by atoms with Gasteiger partial charge in [0.2, 0.25) is 0 Å².